The molecule has 1 heterocycles. The SMILES string of the molecule is CN(C)C(CNC(=O)c1ccc(Cl)c2cccnc12)c1ccccc1Cl. The van der Waals surface area contributed by atoms with Crippen LogP contribution in [0.2, 0.25) is 10.0 Å². The van der Waals surface area contributed by atoms with Crippen molar-refractivity contribution < 1.29 is 4.79 Å². The smallest absolute Gasteiger partial charge is 0.253 e. The molecule has 0 aliphatic carbocycles. The maximum Gasteiger partial charge on any atom is 0.253 e. The second-order valence-corrected chi connectivity index (χ2v) is 7.02. The molecule has 3 aromatic rings. The largest absolute Gasteiger partial charge is 0.350 e. The number of halogens is 2. The number of hydrogen-bond donors (Lipinski definition) is 1. The summed E-state index contributed by atoms with van der Waals surface area (Å²) >= 11 is 12.5. The molecule has 0 radical (unpaired) electrons. The molecule has 0 fully saturated rings. The molecule has 2 aromatic carbocycles. The van der Waals surface area contributed by atoms with Crippen molar-refractivity contribution in [2.24, 2.45) is 0 Å². The quantitative estimate of drug-likeness (QED) is 0.696. The molecule has 0 bridgehead atoms. The summed E-state index contributed by atoms with van der Waals surface area (Å²) in [7, 11) is 3.92. The summed E-state index contributed by atoms with van der Waals surface area (Å²) in [5.74, 6) is -0.190. The van der Waals surface area contributed by atoms with Crippen molar-refractivity contribution in [3.8, 4) is 0 Å². The fourth-order valence-corrected chi connectivity index (χ4v) is 3.40. The Kier molecular flexibility index (Phi) is 5.77. The Labute approximate surface area is 162 Å². The van der Waals surface area contributed by atoms with Crippen molar-refractivity contribution in [2.45, 2.75) is 6.04 Å². The third-order valence-corrected chi connectivity index (χ3v) is 4.98. The third-order valence-electron chi connectivity index (χ3n) is 4.30. The van der Waals surface area contributed by atoms with Crippen molar-refractivity contribution in [1.29, 1.82) is 0 Å². The van der Waals surface area contributed by atoms with E-state index < -0.39 is 0 Å². The zero-order valence-corrected chi connectivity index (χ0v) is 16.1. The zero-order chi connectivity index (χ0) is 18.7. The molecular weight excluding hydrogens is 369 g/mol. The highest BCUT2D eigenvalue weighted by Crippen LogP contribution is 2.27. The highest BCUT2D eigenvalue weighted by molar-refractivity contribution is 6.36. The van der Waals surface area contributed by atoms with E-state index in [4.69, 9.17) is 23.2 Å². The second kappa shape index (κ2) is 8.04. The number of pyridine rings is 1. The number of amides is 1. The van der Waals surface area contributed by atoms with Crippen LogP contribution < -0.4 is 5.32 Å². The van der Waals surface area contributed by atoms with E-state index in [1.54, 1.807) is 24.4 Å². The minimum atomic E-state index is -0.190. The first-order valence-corrected chi connectivity index (χ1v) is 8.97. The van der Waals surface area contributed by atoms with Gasteiger partial charge >= 0.3 is 0 Å². The Bertz CT molecular complexity index is 943. The van der Waals surface area contributed by atoms with Gasteiger partial charge in [-0.05, 0) is 50.0 Å². The first-order valence-electron chi connectivity index (χ1n) is 8.21. The van der Waals surface area contributed by atoms with Crippen LogP contribution in [-0.2, 0) is 0 Å². The molecule has 0 aliphatic heterocycles. The summed E-state index contributed by atoms with van der Waals surface area (Å²) in [6.45, 7) is 0.423. The number of carbonyl (C=O) groups excluding carboxylic acids is 1. The van der Waals surface area contributed by atoms with Gasteiger partial charge in [0.2, 0.25) is 0 Å². The molecule has 1 unspecified atom stereocenters. The third kappa shape index (κ3) is 3.83. The number of fused-ring (bicyclic) bond motifs is 1. The van der Waals surface area contributed by atoms with Gasteiger partial charge in [-0.25, -0.2) is 0 Å². The van der Waals surface area contributed by atoms with Crippen LogP contribution in [0.3, 0.4) is 0 Å². The number of hydrogen-bond acceptors (Lipinski definition) is 3. The maximum absolute atomic E-state index is 12.8. The fourth-order valence-electron chi connectivity index (χ4n) is 2.92. The van der Waals surface area contributed by atoms with Crippen LogP contribution in [0.25, 0.3) is 10.9 Å². The molecule has 1 amide bonds. The Morgan fingerprint density at radius 3 is 2.58 bits per heavy atom. The summed E-state index contributed by atoms with van der Waals surface area (Å²) in [5.41, 5.74) is 2.07. The average Bonchev–Trinajstić information content (AvgIpc) is 2.63. The Balaban J connectivity index is 1.84. The zero-order valence-electron chi connectivity index (χ0n) is 14.5. The molecule has 0 saturated carbocycles. The van der Waals surface area contributed by atoms with Gasteiger partial charge in [0.05, 0.1) is 22.1 Å². The predicted molar refractivity (Wildman–Crippen MR) is 107 cm³/mol. The number of rotatable bonds is 5. The van der Waals surface area contributed by atoms with Crippen LogP contribution in [0.1, 0.15) is 22.0 Å². The fraction of sp³-hybridized carbons (Fsp3) is 0.200. The van der Waals surface area contributed by atoms with Gasteiger partial charge in [-0.1, -0.05) is 41.4 Å². The van der Waals surface area contributed by atoms with Gasteiger partial charge in [0.25, 0.3) is 5.91 Å². The van der Waals surface area contributed by atoms with E-state index in [0.717, 1.165) is 10.9 Å². The summed E-state index contributed by atoms with van der Waals surface area (Å²) in [6.07, 6.45) is 1.65. The van der Waals surface area contributed by atoms with Gasteiger partial charge in [-0.15, -0.1) is 0 Å². The molecule has 1 atom stereocenters. The summed E-state index contributed by atoms with van der Waals surface area (Å²) in [5, 5.41) is 5.01. The van der Waals surface area contributed by atoms with Crippen LogP contribution in [-0.4, -0.2) is 36.4 Å². The minimum Gasteiger partial charge on any atom is -0.350 e. The molecule has 1 N–H and O–H groups in total. The molecule has 0 spiro atoms. The van der Waals surface area contributed by atoms with Crippen molar-refractivity contribution in [1.82, 2.24) is 15.2 Å². The van der Waals surface area contributed by atoms with Gasteiger partial charge in [0, 0.05) is 23.2 Å². The van der Waals surface area contributed by atoms with E-state index in [0.29, 0.717) is 27.7 Å². The van der Waals surface area contributed by atoms with Gasteiger partial charge in [-0.3, -0.25) is 9.78 Å². The normalized spacial score (nSPS) is 12.3. The molecule has 3 rings (SSSR count). The number of nitrogens with one attached hydrogen (secondary N) is 1. The molecule has 26 heavy (non-hydrogen) atoms. The first kappa shape index (κ1) is 18.6. The number of benzene rings is 2. The van der Waals surface area contributed by atoms with Crippen molar-refractivity contribution in [3.63, 3.8) is 0 Å². The Morgan fingerprint density at radius 2 is 1.85 bits per heavy atom. The predicted octanol–water partition coefficient (Wildman–Crippen LogP) is 4.57. The van der Waals surface area contributed by atoms with E-state index in [1.165, 1.54) is 0 Å². The molecule has 0 saturated heterocycles. The topological polar surface area (TPSA) is 45.2 Å². The molecule has 1 aromatic heterocycles. The number of likely N-dealkylation sites (N-methyl/N-ethyl adjacent to an activating group) is 1. The summed E-state index contributed by atoms with van der Waals surface area (Å²) in [6, 6.07) is 14.7. The molecule has 134 valence electrons. The summed E-state index contributed by atoms with van der Waals surface area (Å²) in [4.78, 5) is 19.1. The van der Waals surface area contributed by atoms with E-state index in [9.17, 15) is 4.79 Å². The van der Waals surface area contributed by atoms with Crippen LogP contribution in [0.4, 0.5) is 0 Å². The average molecular weight is 388 g/mol. The standard InChI is InChI=1S/C20H19Cl2N3O/c1-25(2)18(13-6-3-4-8-16(13)21)12-24-20(26)15-9-10-17(22)14-7-5-11-23-19(14)15/h3-11,18H,12H2,1-2H3,(H,24,26). The van der Waals surface area contributed by atoms with Crippen molar-refractivity contribution in [3.05, 3.63) is 75.9 Å². The highest BCUT2D eigenvalue weighted by atomic mass is 35.5. The van der Waals surface area contributed by atoms with Gasteiger partial charge in [0.1, 0.15) is 0 Å². The molecule has 4 nitrogen and oxygen atoms in total. The number of nitrogens with zero attached hydrogens (tertiary/aromatic N) is 2. The lowest BCUT2D eigenvalue weighted by atomic mass is 10.1. The highest BCUT2D eigenvalue weighted by Gasteiger charge is 2.19. The lowest BCUT2D eigenvalue weighted by molar-refractivity contribution is 0.0943. The summed E-state index contributed by atoms with van der Waals surface area (Å²) < 4.78 is 0. The van der Waals surface area contributed by atoms with Gasteiger partial charge in [-0.2, -0.15) is 0 Å². The van der Waals surface area contributed by atoms with E-state index in [-0.39, 0.29) is 11.9 Å². The van der Waals surface area contributed by atoms with Gasteiger partial charge < -0.3 is 10.2 Å². The Morgan fingerprint density at radius 1 is 1.08 bits per heavy atom. The lowest BCUT2D eigenvalue weighted by Gasteiger charge is -2.26. The van der Waals surface area contributed by atoms with Crippen molar-refractivity contribution >= 4 is 40.0 Å². The second-order valence-electron chi connectivity index (χ2n) is 6.21. The minimum absolute atomic E-state index is 0.0424. The molecule has 0 aliphatic rings. The first-order chi connectivity index (χ1) is 12.5. The molecular formula is C20H19Cl2N3O. The molecule has 6 heteroatoms. The van der Waals surface area contributed by atoms with Crippen molar-refractivity contribution in [2.75, 3.05) is 20.6 Å². The van der Waals surface area contributed by atoms with Crippen LogP contribution >= 0.6 is 23.2 Å². The number of aromatic nitrogens is 1. The van der Waals surface area contributed by atoms with E-state index in [2.05, 4.69) is 10.3 Å². The van der Waals surface area contributed by atoms with E-state index >= 15 is 0 Å². The van der Waals surface area contributed by atoms with Crippen LogP contribution in [0.5, 0.6) is 0 Å². The Hall–Kier alpha value is -2.14. The monoisotopic (exact) mass is 387 g/mol. The lowest BCUT2D eigenvalue weighted by Crippen LogP contribution is -2.34. The van der Waals surface area contributed by atoms with Gasteiger partial charge in [0.15, 0.2) is 0 Å². The maximum atomic E-state index is 12.8. The van der Waals surface area contributed by atoms with Crippen LogP contribution in [0.15, 0.2) is 54.7 Å². The van der Waals surface area contributed by atoms with Crippen LogP contribution in [0, 0.1) is 0 Å². The van der Waals surface area contributed by atoms with E-state index in [1.807, 2.05) is 49.3 Å². The number of carbonyl (C=O) groups is 1.